The highest BCUT2D eigenvalue weighted by atomic mass is 32.2. The predicted octanol–water partition coefficient (Wildman–Crippen LogP) is 5.18. The second-order valence-corrected chi connectivity index (χ2v) is 8.66. The molecule has 0 aliphatic rings. The van der Waals surface area contributed by atoms with Gasteiger partial charge in [0, 0.05) is 22.9 Å². The molecule has 4 aromatic rings. The maximum Gasteiger partial charge on any atom is 0.398 e. The van der Waals surface area contributed by atoms with Crippen LogP contribution in [0.15, 0.2) is 52.7 Å². The van der Waals surface area contributed by atoms with Gasteiger partial charge in [0.15, 0.2) is 5.65 Å². The normalized spacial score (nSPS) is 11.9. The Hall–Kier alpha value is -2.72. The van der Waals surface area contributed by atoms with Crippen molar-refractivity contribution in [2.45, 2.75) is 24.9 Å². The highest BCUT2D eigenvalue weighted by molar-refractivity contribution is 7.99. The molecule has 10 heteroatoms. The summed E-state index contributed by atoms with van der Waals surface area (Å²) in [7, 11) is 0. The number of fused-ring (bicyclic) bond motifs is 1. The molecule has 0 aliphatic carbocycles. The Morgan fingerprint density at radius 1 is 1.20 bits per heavy atom. The Balaban J connectivity index is 1.79. The summed E-state index contributed by atoms with van der Waals surface area (Å²) in [6.45, 7) is 3.56. The summed E-state index contributed by atoms with van der Waals surface area (Å²) in [6, 6.07) is 7.01. The van der Waals surface area contributed by atoms with Crippen molar-refractivity contribution in [3.8, 4) is 16.3 Å². The van der Waals surface area contributed by atoms with Crippen LogP contribution in [0.3, 0.4) is 0 Å². The van der Waals surface area contributed by atoms with Crippen molar-refractivity contribution < 1.29 is 13.2 Å². The van der Waals surface area contributed by atoms with E-state index in [9.17, 15) is 18.0 Å². The van der Waals surface area contributed by atoms with Crippen LogP contribution in [0.5, 0.6) is 0 Å². The molecule has 0 radical (unpaired) electrons. The molecular weight excluding hydrogens is 433 g/mol. The number of aromatic nitrogens is 4. The van der Waals surface area contributed by atoms with E-state index in [1.165, 1.54) is 22.2 Å². The third-order valence-corrected chi connectivity index (χ3v) is 6.67. The van der Waals surface area contributed by atoms with E-state index in [2.05, 4.69) is 15.0 Å². The molecule has 0 N–H and O–H groups in total. The summed E-state index contributed by atoms with van der Waals surface area (Å²) in [5.41, 5.74) is 2.79. The van der Waals surface area contributed by atoms with Crippen molar-refractivity contribution in [3.63, 3.8) is 0 Å². The zero-order chi connectivity index (χ0) is 21.5. The molecule has 4 rings (SSSR count). The van der Waals surface area contributed by atoms with Gasteiger partial charge < -0.3 is 0 Å². The quantitative estimate of drug-likeness (QED) is 0.403. The first-order chi connectivity index (χ1) is 14.2. The van der Waals surface area contributed by atoms with Gasteiger partial charge in [0.2, 0.25) is 0 Å². The number of hydrogen-bond acceptors (Lipinski definition) is 6. The Kier molecular flexibility index (Phi) is 5.37. The molecule has 0 amide bonds. The fourth-order valence-corrected chi connectivity index (χ4v) is 4.73. The van der Waals surface area contributed by atoms with Crippen LogP contribution in [0.2, 0.25) is 0 Å². The lowest BCUT2D eigenvalue weighted by molar-refractivity contribution is -0.105. The number of nitrogens with zero attached hydrogens (tertiary/aromatic N) is 4. The van der Waals surface area contributed by atoms with E-state index < -0.39 is 11.9 Å². The summed E-state index contributed by atoms with van der Waals surface area (Å²) in [5, 5.41) is 0.627. The van der Waals surface area contributed by atoms with Gasteiger partial charge in [-0.1, -0.05) is 6.07 Å². The second-order valence-electron chi connectivity index (χ2n) is 6.64. The highest BCUT2D eigenvalue weighted by Gasteiger charge is 2.27. The summed E-state index contributed by atoms with van der Waals surface area (Å²) >= 11 is 1.92. The van der Waals surface area contributed by atoms with Crippen molar-refractivity contribution in [1.29, 1.82) is 0 Å². The van der Waals surface area contributed by atoms with Crippen LogP contribution in [0.4, 0.5) is 13.2 Å². The van der Waals surface area contributed by atoms with Gasteiger partial charge in [-0.25, -0.2) is 9.97 Å². The summed E-state index contributed by atoms with van der Waals surface area (Å²) in [5.74, 6) is -0.994. The Bertz CT molecular complexity index is 1280. The van der Waals surface area contributed by atoms with Crippen molar-refractivity contribution in [2.24, 2.45) is 0 Å². The molecule has 0 spiro atoms. The SMILES string of the molecule is Cc1cc(C)c(-n2cnc3nc(-c4cccnc4)sc3c2=O)cc1SCC(F)(F)F. The number of rotatable bonds is 4. The van der Waals surface area contributed by atoms with Crippen LogP contribution in [0.25, 0.3) is 26.6 Å². The zero-order valence-corrected chi connectivity index (χ0v) is 17.5. The van der Waals surface area contributed by atoms with Crippen LogP contribution in [-0.4, -0.2) is 31.4 Å². The predicted molar refractivity (Wildman–Crippen MR) is 112 cm³/mol. The van der Waals surface area contributed by atoms with Crippen molar-refractivity contribution in [2.75, 3.05) is 5.75 Å². The van der Waals surface area contributed by atoms with Gasteiger partial charge in [-0.15, -0.1) is 23.1 Å². The van der Waals surface area contributed by atoms with Gasteiger partial charge in [-0.2, -0.15) is 13.2 Å². The molecule has 154 valence electrons. The monoisotopic (exact) mass is 448 g/mol. The minimum absolute atomic E-state index is 0.314. The van der Waals surface area contributed by atoms with Gasteiger partial charge >= 0.3 is 6.18 Å². The first-order valence-electron chi connectivity index (χ1n) is 8.83. The molecule has 0 aliphatic heterocycles. The van der Waals surface area contributed by atoms with E-state index in [0.717, 1.165) is 16.7 Å². The van der Waals surface area contributed by atoms with Crippen molar-refractivity contribution in [3.05, 3.63) is 64.5 Å². The fourth-order valence-electron chi connectivity index (χ4n) is 2.99. The average Bonchev–Trinajstić information content (AvgIpc) is 3.13. The molecule has 30 heavy (non-hydrogen) atoms. The van der Waals surface area contributed by atoms with Crippen molar-refractivity contribution in [1.82, 2.24) is 19.5 Å². The zero-order valence-electron chi connectivity index (χ0n) is 15.9. The molecule has 0 saturated heterocycles. The van der Waals surface area contributed by atoms with Gasteiger partial charge in [0.25, 0.3) is 5.56 Å². The topological polar surface area (TPSA) is 60.7 Å². The third-order valence-electron chi connectivity index (χ3n) is 4.37. The molecule has 0 fully saturated rings. The maximum absolute atomic E-state index is 13.1. The Labute approximate surface area is 177 Å². The lowest BCUT2D eigenvalue weighted by Gasteiger charge is -2.14. The molecule has 0 bridgehead atoms. The summed E-state index contributed by atoms with van der Waals surface area (Å²) < 4.78 is 39.7. The minimum atomic E-state index is -4.27. The number of aryl methyl sites for hydroxylation is 2. The largest absolute Gasteiger partial charge is 0.398 e. The van der Waals surface area contributed by atoms with Gasteiger partial charge in [0.05, 0.1) is 11.4 Å². The number of thiazole rings is 1. The van der Waals surface area contributed by atoms with Crippen LogP contribution >= 0.6 is 23.1 Å². The number of alkyl halides is 3. The molecule has 5 nitrogen and oxygen atoms in total. The fraction of sp³-hybridized carbons (Fsp3) is 0.200. The molecule has 0 atom stereocenters. The van der Waals surface area contributed by atoms with E-state index in [1.54, 1.807) is 37.5 Å². The van der Waals surface area contributed by atoms with E-state index in [-0.39, 0.29) is 5.56 Å². The number of halogens is 3. The standard InChI is InChI=1S/C20H15F3N4OS2/c1-11-6-12(2)15(29-9-20(21,22)23)7-14(11)27-10-25-17-16(19(27)28)30-18(26-17)13-4-3-5-24-8-13/h3-8,10H,9H2,1-2H3. The summed E-state index contributed by atoms with van der Waals surface area (Å²) in [6.07, 6.45) is 0.402. The minimum Gasteiger partial charge on any atom is -0.267 e. The molecule has 0 unspecified atom stereocenters. The number of thioether (sulfide) groups is 1. The molecule has 1 aromatic carbocycles. The van der Waals surface area contributed by atoms with Gasteiger partial charge in [-0.05, 0) is 43.2 Å². The van der Waals surface area contributed by atoms with Gasteiger partial charge in [0.1, 0.15) is 16.0 Å². The number of pyridine rings is 1. The van der Waals surface area contributed by atoms with E-state index in [1.807, 2.05) is 13.0 Å². The smallest absolute Gasteiger partial charge is 0.267 e. The number of benzene rings is 1. The first kappa shape index (κ1) is 20.5. The lowest BCUT2D eigenvalue weighted by atomic mass is 10.1. The Morgan fingerprint density at radius 3 is 2.70 bits per heavy atom. The average molecular weight is 448 g/mol. The van der Waals surface area contributed by atoms with E-state index >= 15 is 0 Å². The highest BCUT2D eigenvalue weighted by Crippen LogP contribution is 2.32. The van der Waals surface area contributed by atoms with Gasteiger partial charge in [-0.3, -0.25) is 14.3 Å². The van der Waals surface area contributed by atoms with Crippen LogP contribution in [0, 0.1) is 13.8 Å². The molecule has 3 aromatic heterocycles. The molecular formula is C20H15F3N4OS2. The summed E-state index contributed by atoms with van der Waals surface area (Å²) in [4.78, 5) is 26.4. The van der Waals surface area contributed by atoms with Crippen LogP contribution in [0.1, 0.15) is 11.1 Å². The van der Waals surface area contributed by atoms with E-state index in [0.29, 0.717) is 37.7 Å². The van der Waals surface area contributed by atoms with E-state index in [4.69, 9.17) is 0 Å². The van der Waals surface area contributed by atoms with Crippen LogP contribution in [-0.2, 0) is 0 Å². The molecule has 0 saturated carbocycles. The Morgan fingerprint density at radius 2 is 2.00 bits per heavy atom. The third kappa shape index (κ3) is 4.10. The van der Waals surface area contributed by atoms with Crippen LogP contribution < -0.4 is 5.56 Å². The van der Waals surface area contributed by atoms with Crippen molar-refractivity contribution >= 4 is 33.4 Å². The lowest BCUT2D eigenvalue weighted by Crippen LogP contribution is -2.19. The number of hydrogen-bond donors (Lipinski definition) is 0. The second kappa shape index (κ2) is 7.84. The first-order valence-corrected chi connectivity index (χ1v) is 10.6. The maximum atomic E-state index is 13.1. The molecule has 3 heterocycles.